The van der Waals surface area contributed by atoms with Gasteiger partial charge >= 0.3 is 0 Å². The molecule has 1 aromatic heterocycles. The van der Waals surface area contributed by atoms with Crippen LogP contribution in [0.2, 0.25) is 0 Å². The van der Waals surface area contributed by atoms with Crippen molar-refractivity contribution in [3.8, 4) is 17.2 Å². The fourth-order valence-electron chi connectivity index (χ4n) is 2.49. The van der Waals surface area contributed by atoms with Gasteiger partial charge in [-0.05, 0) is 42.0 Å². The topological polar surface area (TPSA) is 69.7 Å². The Hall–Kier alpha value is -2.78. The van der Waals surface area contributed by atoms with Gasteiger partial charge in [0.05, 0.1) is 19.9 Å². The van der Waals surface area contributed by atoms with Gasteiger partial charge in [-0.15, -0.1) is 11.3 Å². The molecule has 0 saturated heterocycles. The summed E-state index contributed by atoms with van der Waals surface area (Å²) in [5.41, 5.74) is 1.98. The molecule has 9 heteroatoms. The maximum absolute atomic E-state index is 12.9. The number of methoxy groups -OCH3 is 2. The van der Waals surface area contributed by atoms with E-state index in [0.717, 1.165) is 28.5 Å². The summed E-state index contributed by atoms with van der Waals surface area (Å²) >= 11 is 3.06. The highest BCUT2D eigenvalue weighted by Crippen LogP contribution is 2.27. The van der Waals surface area contributed by atoms with Gasteiger partial charge in [-0.2, -0.15) is 11.8 Å². The van der Waals surface area contributed by atoms with E-state index < -0.39 is 0 Å². The third kappa shape index (κ3) is 6.64. The number of ether oxygens (including phenoxy) is 3. The smallest absolute Gasteiger partial charge is 0.264 e. The number of anilines is 1. The Balaban J connectivity index is 1.44. The summed E-state index contributed by atoms with van der Waals surface area (Å²) in [6.07, 6.45) is 0. The summed E-state index contributed by atoms with van der Waals surface area (Å²) in [5.74, 6) is 2.74. The third-order valence-corrected chi connectivity index (χ3v) is 5.76. The van der Waals surface area contributed by atoms with Crippen molar-refractivity contribution >= 4 is 34.1 Å². The van der Waals surface area contributed by atoms with Crippen molar-refractivity contribution in [1.82, 2.24) is 4.98 Å². The Morgan fingerprint density at radius 2 is 1.77 bits per heavy atom. The second-order valence-corrected chi connectivity index (χ2v) is 7.99. The number of hydrogen-bond donors (Lipinski definition) is 1. The first-order valence-corrected chi connectivity index (χ1v) is 11.0. The lowest BCUT2D eigenvalue weighted by Gasteiger charge is -2.08. The molecule has 6 nitrogen and oxygen atoms in total. The van der Waals surface area contributed by atoms with Crippen molar-refractivity contribution in [2.24, 2.45) is 0 Å². The van der Waals surface area contributed by atoms with E-state index in [1.165, 1.54) is 35.6 Å². The molecule has 1 amide bonds. The molecule has 3 aromatic rings. The standard InChI is InChI=1S/C21H21FN2O4S2/c1-26-18-7-14(8-19(9-18)27-2)11-29-12-16-13-30-21(23-16)24-20(25)10-28-17-5-3-15(22)4-6-17/h3-9,13H,10-12H2,1-2H3,(H,23,24,25). The van der Waals surface area contributed by atoms with Gasteiger partial charge in [0, 0.05) is 23.0 Å². The second kappa shape index (κ2) is 10.8. The summed E-state index contributed by atoms with van der Waals surface area (Å²) in [5, 5.41) is 5.14. The minimum Gasteiger partial charge on any atom is -0.497 e. The molecule has 0 fully saturated rings. The Labute approximate surface area is 182 Å². The Morgan fingerprint density at radius 1 is 1.07 bits per heavy atom. The molecule has 0 atom stereocenters. The molecule has 30 heavy (non-hydrogen) atoms. The van der Waals surface area contributed by atoms with Gasteiger partial charge in [0.2, 0.25) is 0 Å². The van der Waals surface area contributed by atoms with Crippen molar-refractivity contribution in [1.29, 1.82) is 0 Å². The van der Waals surface area contributed by atoms with Crippen LogP contribution in [0, 0.1) is 5.82 Å². The third-order valence-electron chi connectivity index (χ3n) is 3.91. The molecule has 1 N–H and O–H groups in total. The van der Waals surface area contributed by atoms with Gasteiger partial charge in [0.1, 0.15) is 23.1 Å². The van der Waals surface area contributed by atoms with E-state index in [1.54, 1.807) is 26.0 Å². The number of nitrogens with one attached hydrogen (secondary N) is 1. The van der Waals surface area contributed by atoms with E-state index in [4.69, 9.17) is 14.2 Å². The quantitative estimate of drug-likeness (QED) is 0.483. The van der Waals surface area contributed by atoms with Crippen LogP contribution in [0.4, 0.5) is 9.52 Å². The first-order valence-electron chi connectivity index (χ1n) is 8.98. The van der Waals surface area contributed by atoms with Crippen LogP contribution < -0.4 is 19.5 Å². The largest absolute Gasteiger partial charge is 0.497 e. The maximum atomic E-state index is 12.9. The lowest BCUT2D eigenvalue weighted by molar-refractivity contribution is -0.118. The van der Waals surface area contributed by atoms with Crippen LogP contribution in [0.3, 0.4) is 0 Å². The van der Waals surface area contributed by atoms with Crippen molar-refractivity contribution in [3.05, 3.63) is 64.9 Å². The van der Waals surface area contributed by atoms with Gasteiger partial charge in [-0.1, -0.05) is 0 Å². The number of hydrogen-bond acceptors (Lipinski definition) is 7. The highest BCUT2D eigenvalue weighted by atomic mass is 32.2. The highest BCUT2D eigenvalue weighted by Gasteiger charge is 2.09. The van der Waals surface area contributed by atoms with Crippen LogP contribution in [-0.2, 0) is 16.3 Å². The molecule has 0 aliphatic rings. The molecule has 0 saturated carbocycles. The number of thioether (sulfide) groups is 1. The molecule has 2 aromatic carbocycles. The fourth-order valence-corrected chi connectivity index (χ4v) is 4.18. The number of rotatable bonds is 10. The SMILES string of the molecule is COc1cc(CSCc2csc(NC(=O)COc3ccc(F)cc3)n2)cc(OC)c1. The van der Waals surface area contributed by atoms with Gasteiger partial charge in [0.25, 0.3) is 5.91 Å². The summed E-state index contributed by atoms with van der Waals surface area (Å²) in [6, 6.07) is 11.3. The first-order chi connectivity index (χ1) is 14.6. The molecule has 158 valence electrons. The first kappa shape index (κ1) is 21.9. The predicted molar refractivity (Wildman–Crippen MR) is 117 cm³/mol. The minimum atomic E-state index is -0.356. The zero-order valence-corrected chi connectivity index (χ0v) is 18.1. The van der Waals surface area contributed by atoms with Crippen molar-refractivity contribution < 1.29 is 23.4 Å². The number of nitrogens with zero attached hydrogens (tertiary/aromatic N) is 1. The molecule has 0 aliphatic heterocycles. The monoisotopic (exact) mass is 448 g/mol. The van der Waals surface area contributed by atoms with Crippen LogP contribution in [0.1, 0.15) is 11.3 Å². The normalized spacial score (nSPS) is 10.5. The zero-order valence-electron chi connectivity index (χ0n) is 16.5. The highest BCUT2D eigenvalue weighted by molar-refractivity contribution is 7.97. The van der Waals surface area contributed by atoms with E-state index in [2.05, 4.69) is 10.3 Å². The zero-order chi connectivity index (χ0) is 21.3. The van der Waals surface area contributed by atoms with Crippen molar-refractivity contribution in [2.45, 2.75) is 11.5 Å². The molecule has 0 radical (unpaired) electrons. The van der Waals surface area contributed by atoms with Crippen LogP contribution >= 0.6 is 23.1 Å². The number of benzene rings is 2. The summed E-state index contributed by atoms with van der Waals surface area (Å²) < 4.78 is 28.8. The molecule has 0 aliphatic carbocycles. The molecular weight excluding hydrogens is 427 g/mol. The number of halogens is 1. The van der Waals surface area contributed by atoms with Crippen molar-refractivity contribution in [2.75, 3.05) is 26.1 Å². The van der Waals surface area contributed by atoms with Crippen LogP contribution in [0.25, 0.3) is 0 Å². The number of carbonyl (C=O) groups excluding carboxylic acids is 1. The molecule has 0 unspecified atom stereocenters. The van der Waals surface area contributed by atoms with Gasteiger partial charge in [-0.3, -0.25) is 10.1 Å². The number of amides is 1. The summed E-state index contributed by atoms with van der Waals surface area (Å²) in [7, 11) is 3.25. The van der Waals surface area contributed by atoms with Gasteiger partial charge in [-0.25, -0.2) is 9.37 Å². The fraction of sp³-hybridized carbons (Fsp3) is 0.238. The van der Waals surface area contributed by atoms with E-state index >= 15 is 0 Å². The number of thiazole rings is 1. The molecule has 3 rings (SSSR count). The summed E-state index contributed by atoms with van der Waals surface area (Å²) in [4.78, 5) is 16.4. The Kier molecular flexibility index (Phi) is 7.92. The number of aromatic nitrogens is 1. The van der Waals surface area contributed by atoms with Crippen molar-refractivity contribution in [3.63, 3.8) is 0 Å². The molecule has 0 spiro atoms. The van der Waals surface area contributed by atoms with Crippen LogP contribution in [0.5, 0.6) is 17.2 Å². The average molecular weight is 449 g/mol. The van der Waals surface area contributed by atoms with Crippen LogP contribution in [0.15, 0.2) is 47.8 Å². The van der Waals surface area contributed by atoms with E-state index in [0.29, 0.717) is 16.6 Å². The predicted octanol–water partition coefficient (Wildman–Crippen LogP) is 4.75. The average Bonchev–Trinajstić information content (AvgIpc) is 3.20. The lowest BCUT2D eigenvalue weighted by Crippen LogP contribution is -2.20. The van der Waals surface area contributed by atoms with Gasteiger partial charge < -0.3 is 14.2 Å². The number of carbonyl (C=O) groups is 1. The minimum absolute atomic E-state index is 0.174. The lowest BCUT2D eigenvalue weighted by atomic mass is 10.2. The summed E-state index contributed by atoms with van der Waals surface area (Å²) in [6.45, 7) is -0.174. The van der Waals surface area contributed by atoms with Gasteiger partial charge in [0.15, 0.2) is 11.7 Å². The maximum Gasteiger partial charge on any atom is 0.264 e. The second-order valence-electron chi connectivity index (χ2n) is 6.15. The molecule has 0 bridgehead atoms. The van der Waals surface area contributed by atoms with E-state index in [9.17, 15) is 9.18 Å². The van der Waals surface area contributed by atoms with Crippen LogP contribution in [-0.4, -0.2) is 31.7 Å². The molecule has 1 heterocycles. The molecular formula is C21H21FN2O4S2. The van der Waals surface area contributed by atoms with E-state index in [1.807, 2.05) is 23.6 Å². The Bertz CT molecular complexity index is 957. The van der Waals surface area contributed by atoms with E-state index in [-0.39, 0.29) is 18.3 Å². The Morgan fingerprint density at radius 3 is 2.43 bits per heavy atom.